The third-order valence-electron chi connectivity index (χ3n) is 4.72. The highest BCUT2D eigenvalue weighted by Gasteiger charge is 2.34. The fourth-order valence-electron chi connectivity index (χ4n) is 3.23. The quantitative estimate of drug-likeness (QED) is 0.398. The molecule has 1 aliphatic rings. The number of fused-ring (bicyclic) bond motifs is 1. The number of amides is 2. The molecule has 7 heteroatoms. The van der Waals surface area contributed by atoms with E-state index < -0.39 is 11.9 Å². The van der Waals surface area contributed by atoms with Crippen LogP contribution in [-0.2, 0) is 4.79 Å². The molecule has 7 nitrogen and oxygen atoms in total. The molecule has 1 heterocycles. The van der Waals surface area contributed by atoms with Crippen LogP contribution in [0.5, 0.6) is 5.75 Å². The Labute approximate surface area is 167 Å². The van der Waals surface area contributed by atoms with Crippen LogP contribution in [0.4, 0.5) is 0 Å². The van der Waals surface area contributed by atoms with Crippen molar-refractivity contribution in [3.63, 3.8) is 0 Å². The van der Waals surface area contributed by atoms with Crippen molar-refractivity contribution in [2.75, 3.05) is 13.2 Å². The van der Waals surface area contributed by atoms with Crippen molar-refractivity contribution in [1.29, 1.82) is 0 Å². The summed E-state index contributed by atoms with van der Waals surface area (Å²) in [5.74, 6) is -2.04. The van der Waals surface area contributed by atoms with Gasteiger partial charge >= 0.3 is 5.97 Å². The second kappa shape index (κ2) is 8.68. The standard InChI is InChI=1S/C22H21NO6/c1-14(12-19(24)25)20(26)15-6-4-7-16(13-15)29-11-5-10-23-21(27)17-8-2-3-9-18(17)22(23)28/h2-4,6-9,13-14H,5,10-12H2,1H3,(H,24,25). The van der Waals surface area contributed by atoms with Crippen LogP contribution < -0.4 is 4.74 Å². The van der Waals surface area contributed by atoms with Gasteiger partial charge in [0, 0.05) is 18.0 Å². The molecule has 0 aliphatic carbocycles. The molecule has 2 amide bonds. The molecular weight excluding hydrogens is 374 g/mol. The Bertz CT molecular complexity index is 932. The molecule has 0 spiro atoms. The second-order valence-electron chi connectivity index (χ2n) is 6.90. The fraction of sp³-hybridized carbons (Fsp3) is 0.273. The van der Waals surface area contributed by atoms with E-state index in [1.165, 1.54) is 4.90 Å². The number of carboxylic acids is 1. The van der Waals surface area contributed by atoms with Crippen molar-refractivity contribution in [1.82, 2.24) is 4.90 Å². The van der Waals surface area contributed by atoms with E-state index in [4.69, 9.17) is 9.84 Å². The van der Waals surface area contributed by atoms with Crippen molar-refractivity contribution in [2.45, 2.75) is 19.8 Å². The summed E-state index contributed by atoms with van der Waals surface area (Å²) in [7, 11) is 0. The third-order valence-corrected chi connectivity index (χ3v) is 4.72. The number of imide groups is 1. The van der Waals surface area contributed by atoms with Gasteiger partial charge in [-0.2, -0.15) is 0 Å². The summed E-state index contributed by atoms with van der Waals surface area (Å²) in [5.41, 5.74) is 1.22. The molecule has 3 rings (SSSR count). The molecule has 2 aromatic rings. The van der Waals surface area contributed by atoms with Crippen LogP contribution in [0.3, 0.4) is 0 Å². The number of aliphatic carboxylic acids is 1. The van der Waals surface area contributed by atoms with E-state index in [1.54, 1.807) is 55.5 Å². The van der Waals surface area contributed by atoms with Gasteiger partial charge in [0.2, 0.25) is 0 Å². The maximum absolute atomic E-state index is 12.3. The molecule has 0 saturated carbocycles. The molecule has 0 fully saturated rings. The number of nitrogens with zero attached hydrogens (tertiary/aromatic N) is 1. The number of rotatable bonds is 9. The Hall–Kier alpha value is -3.48. The van der Waals surface area contributed by atoms with E-state index in [0.29, 0.717) is 28.9 Å². The highest BCUT2D eigenvalue weighted by molar-refractivity contribution is 6.21. The Balaban J connectivity index is 1.53. The topological polar surface area (TPSA) is 101 Å². The van der Waals surface area contributed by atoms with Crippen molar-refractivity contribution in [2.24, 2.45) is 5.92 Å². The van der Waals surface area contributed by atoms with Crippen LogP contribution in [0.2, 0.25) is 0 Å². The van der Waals surface area contributed by atoms with E-state index >= 15 is 0 Å². The molecular formula is C22H21NO6. The maximum atomic E-state index is 12.3. The average molecular weight is 395 g/mol. The number of ether oxygens (including phenoxy) is 1. The van der Waals surface area contributed by atoms with Gasteiger partial charge in [0.15, 0.2) is 5.78 Å². The summed E-state index contributed by atoms with van der Waals surface area (Å²) >= 11 is 0. The first-order valence-electron chi connectivity index (χ1n) is 9.32. The Morgan fingerprint density at radius 2 is 1.69 bits per heavy atom. The van der Waals surface area contributed by atoms with Gasteiger partial charge in [-0.25, -0.2) is 0 Å². The van der Waals surface area contributed by atoms with Crippen molar-refractivity contribution in [3.05, 3.63) is 65.2 Å². The third kappa shape index (κ3) is 4.51. The molecule has 2 aromatic carbocycles. The zero-order chi connectivity index (χ0) is 21.0. The van der Waals surface area contributed by atoms with E-state index in [-0.39, 0.29) is 37.2 Å². The number of carbonyl (C=O) groups excluding carboxylic acids is 3. The Kier molecular flexibility index (Phi) is 6.07. The highest BCUT2D eigenvalue weighted by atomic mass is 16.5. The van der Waals surface area contributed by atoms with Gasteiger partial charge in [-0.15, -0.1) is 0 Å². The minimum atomic E-state index is -1.02. The summed E-state index contributed by atoms with van der Waals surface area (Å²) in [6, 6.07) is 13.3. The van der Waals surface area contributed by atoms with Crippen LogP contribution >= 0.6 is 0 Å². The molecule has 0 bridgehead atoms. The van der Waals surface area contributed by atoms with Gasteiger partial charge in [0.25, 0.3) is 11.8 Å². The van der Waals surface area contributed by atoms with E-state index in [9.17, 15) is 19.2 Å². The highest BCUT2D eigenvalue weighted by Crippen LogP contribution is 2.23. The summed E-state index contributed by atoms with van der Waals surface area (Å²) in [6.07, 6.45) is 0.212. The van der Waals surface area contributed by atoms with Crippen molar-refractivity contribution in [3.8, 4) is 5.75 Å². The van der Waals surface area contributed by atoms with Crippen LogP contribution in [0.1, 0.15) is 50.8 Å². The summed E-state index contributed by atoms with van der Waals surface area (Å²) in [4.78, 5) is 48.9. The lowest BCUT2D eigenvalue weighted by Crippen LogP contribution is -2.31. The smallest absolute Gasteiger partial charge is 0.304 e. The lowest BCUT2D eigenvalue weighted by Gasteiger charge is -2.14. The molecule has 0 saturated heterocycles. The van der Waals surface area contributed by atoms with Crippen LogP contribution in [-0.4, -0.2) is 46.7 Å². The molecule has 150 valence electrons. The fourth-order valence-corrected chi connectivity index (χ4v) is 3.23. The van der Waals surface area contributed by atoms with Gasteiger partial charge in [-0.3, -0.25) is 24.1 Å². The van der Waals surface area contributed by atoms with E-state index in [1.807, 2.05) is 0 Å². The predicted molar refractivity (Wildman–Crippen MR) is 104 cm³/mol. The van der Waals surface area contributed by atoms with Crippen LogP contribution in [0.15, 0.2) is 48.5 Å². The lowest BCUT2D eigenvalue weighted by atomic mass is 9.96. The summed E-state index contributed by atoms with van der Waals surface area (Å²) < 4.78 is 5.65. The molecule has 0 radical (unpaired) electrons. The number of carbonyl (C=O) groups is 4. The predicted octanol–water partition coefficient (Wildman–Crippen LogP) is 3.05. The lowest BCUT2D eigenvalue weighted by molar-refractivity contribution is -0.137. The Morgan fingerprint density at radius 1 is 1.03 bits per heavy atom. The second-order valence-corrected chi connectivity index (χ2v) is 6.90. The minimum Gasteiger partial charge on any atom is -0.494 e. The summed E-state index contributed by atoms with van der Waals surface area (Å²) in [6.45, 7) is 2.07. The average Bonchev–Trinajstić information content (AvgIpc) is 2.95. The Morgan fingerprint density at radius 3 is 2.31 bits per heavy atom. The normalized spacial score (nSPS) is 13.9. The van der Waals surface area contributed by atoms with E-state index in [2.05, 4.69) is 0 Å². The minimum absolute atomic E-state index is 0.232. The van der Waals surface area contributed by atoms with Gasteiger partial charge in [0.1, 0.15) is 5.75 Å². The molecule has 1 atom stereocenters. The number of hydrogen-bond acceptors (Lipinski definition) is 5. The monoisotopic (exact) mass is 395 g/mol. The van der Waals surface area contributed by atoms with Crippen molar-refractivity contribution >= 4 is 23.6 Å². The molecule has 0 aromatic heterocycles. The molecule has 1 N–H and O–H groups in total. The van der Waals surface area contributed by atoms with Crippen LogP contribution in [0, 0.1) is 5.92 Å². The molecule has 29 heavy (non-hydrogen) atoms. The maximum Gasteiger partial charge on any atom is 0.304 e. The number of ketones is 1. The first-order valence-corrected chi connectivity index (χ1v) is 9.32. The van der Waals surface area contributed by atoms with Crippen LogP contribution in [0.25, 0.3) is 0 Å². The number of Topliss-reactive ketones (excluding diaryl/α,β-unsaturated/α-hetero) is 1. The number of benzene rings is 2. The van der Waals surface area contributed by atoms with E-state index in [0.717, 1.165) is 0 Å². The number of hydrogen-bond donors (Lipinski definition) is 1. The molecule has 1 aliphatic heterocycles. The summed E-state index contributed by atoms with van der Waals surface area (Å²) in [5, 5.41) is 8.83. The largest absolute Gasteiger partial charge is 0.494 e. The van der Waals surface area contributed by atoms with Crippen molar-refractivity contribution < 1.29 is 29.0 Å². The zero-order valence-corrected chi connectivity index (χ0v) is 16.0. The first kappa shape index (κ1) is 20.3. The zero-order valence-electron chi connectivity index (χ0n) is 16.0. The SMILES string of the molecule is CC(CC(=O)O)C(=O)c1cccc(OCCCN2C(=O)c3ccccc3C2=O)c1. The first-order chi connectivity index (χ1) is 13.9. The van der Waals surface area contributed by atoms with Gasteiger partial charge in [0.05, 0.1) is 24.2 Å². The van der Waals surface area contributed by atoms with Gasteiger partial charge in [-0.1, -0.05) is 31.2 Å². The molecule has 1 unspecified atom stereocenters. The number of carboxylic acid groups (broad SMARTS) is 1. The van der Waals surface area contributed by atoms with Gasteiger partial charge in [-0.05, 0) is 30.7 Å². The van der Waals surface area contributed by atoms with Gasteiger partial charge < -0.3 is 9.84 Å².